The summed E-state index contributed by atoms with van der Waals surface area (Å²) in [5.41, 5.74) is 0. The first-order chi connectivity index (χ1) is 4.34. The molecule has 1 rings (SSSR count). The third-order valence-electron chi connectivity index (χ3n) is 1.66. The molecule has 1 saturated heterocycles. The Kier molecular flexibility index (Phi) is 2.42. The minimum atomic E-state index is 0.0787. The van der Waals surface area contributed by atoms with Crippen LogP contribution in [0.2, 0.25) is 0 Å². The first-order valence-electron chi connectivity index (χ1n) is 3.40. The van der Waals surface area contributed by atoms with E-state index >= 15 is 0 Å². The van der Waals surface area contributed by atoms with E-state index in [0.29, 0.717) is 13.1 Å². The van der Waals surface area contributed by atoms with E-state index in [-0.39, 0.29) is 6.04 Å². The van der Waals surface area contributed by atoms with Crippen LogP contribution in [0.25, 0.3) is 0 Å². The summed E-state index contributed by atoms with van der Waals surface area (Å²) in [6, 6.07) is 0.0787. The Balaban J connectivity index is 2.24. The molecule has 1 unspecified atom stereocenters. The highest BCUT2D eigenvalue weighted by molar-refractivity contribution is 4.75. The number of rotatable bonds is 2. The van der Waals surface area contributed by atoms with Crippen molar-refractivity contribution in [3.63, 3.8) is 0 Å². The van der Waals surface area contributed by atoms with Gasteiger partial charge in [0.05, 0.1) is 6.04 Å². The van der Waals surface area contributed by atoms with Crippen molar-refractivity contribution in [2.24, 2.45) is 0 Å². The molecule has 1 aliphatic rings. The van der Waals surface area contributed by atoms with Crippen LogP contribution in [-0.2, 0) is 0 Å². The van der Waals surface area contributed by atoms with Gasteiger partial charge in [0.1, 0.15) is 0 Å². The van der Waals surface area contributed by atoms with Crippen molar-refractivity contribution < 1.29 is 4.48 Å². The molecule has 0 N–H and O–H groups in total. The van der Waals surface area contributed by atoms with Crippen LogP contribution in [0.15, 0.2) is 0 Å². The van der Waals surface area contributed by atoms with Gasteiger partial charge in [-0.3, -0.25) is 0 Å². The van der Waals surface area contributed by atoms with Crippen LogP contribution in [0, 0.1) is 0 Å². The maximum Gasteiger partial charge on any atom is 0.0556 e. The molecule has 9 heavy (non-hydrogen) atoms. The van der Waals surface area contributed by atoms with Crippen LogP contribution in [-0.4, -0.2) is 30.8 Å². The van der Waals surface area contributed by atoms with E-state index < -0.39 is 0 Å². The summed E-state index contributed by atoms with van der Waals surface area (Å²) in [5.74, 6) is 0. The molecule has 0 aromatic rings. The number of hydrogen-bond acceptors (Lipinski definition) is 1. The Morgan fingerprint density at radius 2 is 2.56 bits per heavy atom. The fourth-order valence-electron chi connectivity index (χ4n) is 1.06. The maximum atomic E-state index is 12.6. The predicted octanol–water partition coefficient (Wildman–Crippen LogP) is 0.570. The first kappa shape index (κ1) is 6.96. The average Bonchev–Trinajstić information content (AvgIpc) is 2.37. The van der Waals surface area contributed by atoms with E-state index in [4.69, 9.17) is 0 Å². The van der Waals surface area contributed by atoms with Crippen molar-refractivity contribution in [1.29, 1.82) is 0 Å². The van der Waals surface area contributed by atoms with Gasteiger partial charge in [0.25, 0.3) is 0 Å². The van der Waals surface area contributed by atoms with Gasteiger partial charge in [-0.1, -0.05) is 0 Å². The second-order valence-electron chi connectivity index (χ2n) is 2.29. The maximum absolute atomic E-state index is 12.6. The normalized spacial score (nSPS) is 27.7. The number of nitrogens with zero attached hydrogens (tertiary/aromatic N) is 2. The van der Waals surface area contributed by atoms with E-state index in [1.807, 2.05) is 6.92 Å². The molecule has 0 amide bonds. The lowest BCUT2D eigenvalue weighted by Crippen LogP contribution is -2.28. The number of likely N-dealkylation sites (N-methyl/N-ethyl adjacent to an activating group) is 1. The third-order valence-corrected chi connectivity index (χ3v) is 1.66. The van der Waals surface area contributed by atoms with Gasteiger partial charge in [-0.2, -0.15) is 0 Å². The average molecular weight is 131 g/mol. The van der Waals surface area contributed by atoms with E-state index in [1.165, 1.54) is 0 Å². The fraction of sp³-hybridized carbons (Fsp3) is 1.00. The van der Waals surface area contributed by atoms with Crippen LogP contribution in [0.1, 0.15) is 13.3 Å². The lowest BCUT2D eigenvalue weighted by Gasteiger charge is -2.14. The standard InChI is InChI=1S/C6H12FN2/c1-2-9(7)6-3-4-8-5-6/h6H,2-5H2,1H3. The van der Waals surface area contributed by atoms with E-state index in [2.05, 4.69) is 5.32 Å². The van der Waals surface area contributed by atoms with Crippen LogP contribution >= 0.6 is 0 Å². The van der Waals surface area contributed by atoms with Crippen molar-refractivity contribution in [2.75, 3.05) is 19.6 Å². The van der Waals surface area contributed by atoms with Gasteiger partial charge in [-0.05, 0) is 13.3 Å². The van der Waals surface area contributed by atoms with Gasteiger partial charge in [0.15, 0.2) is 0 Å². The highest BCUT2D eigenvalue weighted by Crippen LogP contribution is 2.08. The van der Waals surface area contributed by atoms with Gasteiger partial charge in [-0.15, -0.1) is 9.60 Å². The molecular weight excluding hydrogens is 119 g/mol. The van der Waals surface area contributed by atoms with Crippen molar-refractivity contribution in [1.82, 2.24) is 10.4 Å². The molecule has 2 nitrogen and oxygen atoms in total. The zero-order valence-electron chi connectivity index (χ0n) is 5.68. The number of hydrogen-bond donors (Lipinski definition) is 0. The van der Waals surface area contributed by atoms with Crippen LogP contribution in [0.4, 0.5) is 4.48 Å². The van der Waals surface area contributed by atoms with Gasteiger partial charge in [0, 0.05) is 19.6 Å². The molecule has 1 fully saturated rings. The fourth-order valence-corrected chi connectivity index (χ4v) is 1.06. The largest absolute Gasteiger partial charge is 0.240 e. The van der Waals surface area contributed by atoms with Crippen molar-refractivity contribution in [3.05, 3.63) is 0 Å². The summed E-state index contributed by atoms with van der Waals surface area (Å²) in [4.78, 5) is 0. The minimum absolute atomic E-state index is 0.0787. The SMILES string of the molecule is CCN(F)C1CC[N]C1. The van der Waals surface area contributed by atoms with E-state index in [9.17, 15) is 4.48 Å². The lowest BCUT2D eigenvalue weighted by atomic mass is 10.2. The molecule has 53 valence electrons. The zero-order chi connectivity index (χ0) is 6.69. The molecule has 0 aromatic carbocycles. The van der Waals surface area contributed by atoms with Gasteiger partial charge in [-0.25, -0.2) is 5.32 Å². The quantitative estimate of drug-likeness (QED) is 0.501. The molecule has 1 radical (unpaired) electrons. The Morgan fingerprint density at radius 1 is 1.78 bits per heavy atom. The number of halogens is 1. The van der Waals surface area contributed by atoms with Crippen molar-refractivity contribution >= 4 is 0 Å². The second kappa shape index (κ2) is 3.13. The van der Waals surface area contributed by atoms with Gasteiger partial charge in [0.2, 0.25) is 0 Å². The topological polar surface area (TPSA) is 17.3 Å². The molecule has 3 heteroatoms. The molecule has 0 aliphatic carbocycles. The molecular formula is C6H12FN2. The zero-order valence-corrected chi connectivity index (χ0v) is 5.68. The predicted molar refractivity (Wildman–Crippen MR) is 33.8 cm³/mol. The Bertz CT molecular complexity index is 81.1. The molecule has 1 aliphatic heterocycles. The summed E-state index contributed by atoms with van der Waals surface area (Å²) in [7, 11) is 0. The Labute approximate surface area is 55.0 Å². The highest BCUT2D eigenvalue weighted by atomic mass is 19.2. The summed E-state index contributed by atoms with van der Waals surface area (Å²) >= 11 is 0. The molecule has 0 bridgehead atoms. The van der Waals surface area contributed by atoms with Crippen LogP contribution in [0.3, 0.4) is 0 Å². The summed E-state index contributed by atoms with van der Waals surface area (Å²) in [6.45, 7) is 3.83. The van der Waals surface area contributed by atoms with Gasteiger partial charge >= 0.3 is 0 Å². The first-order valence-corrected chi connectivity index (χ1v) is 3.40. The van der Waals surface area contributed by atoms with Crippen molar-refractivity contribution in [2.45, 2.75) is 19.4 Å². The van der Waals surface area contributed by atoms with E-state index in [0.717, 1.165) is 18.1 Å². The van der Waals surface area contributed by atoms with E-state index in [1.54, 1.807) is 0 Å². The lowest BCUT2D eigenvalue weighted by molar-refractivity contribution is -0.00843. The smallest absolute Gasteiger partial charge is 0.0556 e. The van der Waals surface area contributed by atoms with Crippen LogP contribution in [0.5, 0.6) is 0 Å². The summed E-state index contributed by atoms with van der Waals surface area (Å²) in [5, 5.41) is 4.92. The Morgan fingerprint density at radius 3 is 3.00 bits per heavy atom. The highest BCUT2D eigenvalue weighted by Gasteiger charge is 2.21. The monoisotopic (exact) mass is 131 g/mol. The van der Waals surface area contributed by atoms with Gasteiger partial charge < -0.3 is 0 Å². The second-order valence-corrected chi connectivity index (χ2v) is 2.29. The summed E-state index contributed by atoms with van der Waals surface area (Å²) < 4.78 is 12.6. The Hall–Kier alpha value is -0.150. The summed E-state index contributed by atoms with van der Waals surface area (Å²) in [6.07, 6.45) is 0.893. The molecule has 1 heterocycles. The molecule has 0 aromatic heterocycles. The molecule has 1 atom stereocenters. The molecule has 0 spiro atoms. The van der Waals surface area contributed by atoms with Crippen LogP contribution < -0.4 is 5.32 Å². The minimum Gasteiger partial charge on any atom is -0.240 e. The third kappa shape index (κ3) is 1.63. The molecule has 0 saturated carbocycles. The van der Waals surface area contributed by atoms with Crippen molar-refractivity contribution in [3.8, 4) is 0 Å².